The van der Waals surface area contributed by atoms with Crippen LogP contribution in [0.4, 0.5) is 19.0 Å². The molecule has 0 aliphatic carbocycles. The summed E-state index contributed by atoms with van der Waals surface area (Å²) in [5.74, 6) is 0.449. The zero-order chi connectivity index (χ0) is 18.0. The van der Waals surface area contributed by atoms with Crippen molar-refractivity contribution in [1.29, 1.82) is 0 Å². The van der Waals surface area contributed by atoms with Gasteiger partial charge in [0.15, 0.2) is 5.82 Å². The van der Waals surface area contributed by atoms with Gasteiger partial charge in [-0.1, -0.05) is 18.2 Å². The number of hydrogen-bond acceptors (Lipinski definition) is 5. The second kappa shape index (κ2) is 7.84. The third-order valence-corrected chi connectivity index (χ3v) is 3.92. The van der Waals surface area contributed by atoms with Crippen LogP contribution >= 0.6 is 12.4 Å². The number of nitrogens with one attached hydrogen (secondary N) is 1. The molecule has 3 rings (SSSR count). The molecule has 0 saturated heterocycles. The van der Waals surface area contributed by atoms with Gasteiger partial charge in [0.2, 0.25) is 0 Å². The minimum absolute atomic E-state index is 0. The first-order chi connectivity index (χ1) is 11.9. The summed E-state index contributed by atoms with van der Waals surface area (Å²) in [6.45, 7) is 2.12. The van der Waals surface area contributed by atoms with Crippen molar-refractivity contribution in [2.24, 2.45) is 5.73 Å². The molecule has 3 N–H and O–H groups in total. The van der Waals surface area contributed by atoms with Crippen molar-refractivity contribution in [3.63, 3.8) is 0 Å². The Kier molecular flexibility index (Phi) is 5.99. The molecule has 138 valence electrons. The minimum Gasteiger partial charge on any atom is -0.361 e. The molecule has 9 heteroatoms. The SMILES string of the molecule is C[C@@H](Nc1nnnc2ccc(CN)cc12)c1cccc(C(F)(F)F)c1.Cl. The molecular formula is C17H17ClF3N5. The second-order valence-electron chi connectivity index (χ2n) is 5.68. The molecular weight excluding hydrogens is 367 g/mol. The number of benzene rings is 2. The third kappa shape index (κ3) is 4.20. The van der Waals surface area contributed by atoms with E-state index in [1.54, 1.807) is 19.1 Å². The van der Waals surface area contributed by atoms with Crippen LogP contribution in [0.15, 0.2) is 42.5 Å². The number of nitrogens with zero attached hydrogens (tertiary/aromatic N) is 3. The minimum atomic E-state index is -4.38. The van der Waals surface area contributed by atoms with E-state index in [9.17, 15) is 13.2 Å². The normalized spacial score (nSPS) is 12.5. The molecule has 0 spiro atoms. The van der Waals surface area contributed by atoms with Gasteiger partial charge in [0.1, 0.15) is 0 Å². The van der Waals surface area contributed by atoms with Crippen LogP contribution in [0, 0.1) is 0 Å². The summed E-state index contributed by atoms with van der Waals surface area (Å²) >= 11 is 0. The first-order valence-electron chi connectivity index (χ1n) is 7.64. The molecule has 26 heavy (non-hydrogen) atoms. The standard InChI is InChI=1S/C17H16F3N5.ClH/c1-10(12-3-2-4-13(8-12)17(18,19)20)22-16-14-7-11(9-21)5-6-15(14)23-25-24-16;/h2-8,10H,9,21H2,1H3,(H,22,23,24);1H/t10-;/m1./s1. The van der Waals surface area contributed by atoms with E-state index in [4.69, 9.17) is 5.73 Å². The third-order valence-electron chi connectivity index (χ3n) is 3.92. The Labute approximate surface area is 154 Å². The molecule has 0 aliphatic rings. The van der Waals surface area contributed by atoms with E-state index < -0.39 is 17.8 Å². The summed E-state index contributed by atoms with van der Waals surface area (Å²) in [7, 11) is 0. The van der Waals surface area contributed by atoms with Crippen LogP contribution in [0.25, 0.3) is 10.9 Å². The lowest BCUT2D eigenvalue weighted by atomic mass is 10.0. The number of rotatable bonds is 4. The van der Waals surface area contributed by atoms with Crippen LogP contribution in [-0.2, 0) is 12.7 Å². The molecule has 2 aromatic carbocycles. The van der Waals surface area contributed by atoms with Crippen LogP contribution in [0.3, 0.4) is 0 Å². The van der Waals surface area contributed by atoms with E-state index in [-0.39, 0.29) is 12.4 Å². The van der Waals surface area contributed by atoms with Gasteiger partial charge in [-0.2, -0.15) is 13.2 Å². The predicted molar refractivity (Wildman–Crippen MR) is 96.0 cm³/mol. The summed E-state index contributed by atoms with van der Waals surface area (Å²) in [4.78, 5) is 0. The summed E-state index contributed by atoms with van der Waals surface area (Å²) < 4.78 is 38.7. The van der Waals surface area contributed by atoms with E-state index in [1.165, 1.54) is 6.07 Å². The number of anilines is 1. The molecule has 0 unspecified atom stereocenters. The highest BCUT2D eigenvalue weighted by atomic mass is 35.5. The Morgan fingerprint density at radius 3 is 2.58 bits per heavy atom. The van der Waals surface area contributed by atoms with Crippen LogP contribution in [0.1, 0.15) is 29.7 Å². The monoisotopic (exact) mass is 383 g/mol. The van der Waals surface area contributed by atoms with Crippen LogP contribution in [0.2, 0.25) is 0 Å². The summed E-state index contributed by atoms with van der Waals surface area (Å²) in [6.07, 6.45) is -4.38. The fourth-order valence-electron chi connectivity index (χ4n) is 2.54. The second-order valence-corrected chi connectivity index (χ2v) is 5.68. The van der Waals surface area contributed by atoms with Gasteiger partial charge in [0.05, 0.1) is 17.1 Å². The Balaban J connectivity index is 0.00000243. The van der Waals surface area contributed by atoms with Gasteiger partial charge in [0.25, 0.3) is 0 Å². The highest BCUT2D eigenvalue weighted by Gasteiger charge is 2.30. The topological polar surface area (TPSA) is 76.7 Å². The van der Waals surface area contributed by atoms with Gasteiger partial charge in [-0.25, -0.2) is 0 Å². The summed E-state index contributed by atoms with van der Waals surface area (Å²) in [5.41, 5.74) is 7.00. The summed E-state index contributed by atoms with van der Waals surface area (Å²) in [5, 5.41) is 15.5. The molecule has 0 fully saturated rings. The lowest BCUT2D eigenvalue weighted by molar-refractivity contribution is -0.137. The molecule has 5 nitrogen and oxygen atoms in total. The molecule has 1 aromatic heterocycles. The first-order valence-corrected chi connectivity index (χ1v) is 7.64. The van der Waals surface area contributed by atoms with E-state index in [0.717, 1.165) is 23.1 Å². The van der Waals surface area contributed by atoms with E-state index in [0.29, 0.717) is 23.4 Å². The van der Waals surface area contributed by atoms with E-state index in [1.807, 2.05) is 12.1 Å². The van der Waals surface area contributed by atoms with Crippen molar-refractivity contribution >= 4 is 29.1 Å². The Morgan fingerprint density at radius 2 is 1.88 bits per heavy atom. The molecule has 1 atom stereocenters. The maximum Gasteiger partial charge on any atom is 0.416 e. The van der Waals surface area contributed by atoms with Crippen molar-refractivity contribution in [1.82, 2.24) is 15.4 Å². The highest BCUT2D eigenvalue weighted by molar-refractivity contribution is 5.89. The zero-order valence-corrected chi connectivity index (χ0v) is 14.6. The van der Waals surface area contributed by atoms with Gasteiger partial charge in [-0.15, -0.1) is 22.6 Å². The van der Waals surface area contributed by atoms with E-state index >= 15 is 0 Å². The lowest BCUT2D eigenvalue weighted by Gasteiger charge is -2.17. The molecule has 0 bridgehead atoms. The van der Waals surface area contributed by atoms with Crippen molar-refractivity contribution in [3.05, 3.63) is 59.2 Å². The van der Waals surface area contributed by atoms with E-state index in [2.05, 4.69) is 20.7 Å². The number of alkyl halides is 3. The van der Waals surface area contributed by atoms with Crippen molar-refractivity contribution in [2.45, 2.75) is 25.7 Å². The van der Waals surface area contributed by atoms with Crippen molar-refractivity contribution in [2.75, 3.05) is 5.32 Å². The van der Waals surface area contributed by atoms with Gasteiger partial charge in [-0.05, 0) is 47.5 Å². The predicted octanol–water partition coefficient (Wildman–Crippen LogP) is 4.10. The zero-order valence-electron chi connectivity index (χ0n) is 13.8. The quantitative estimate of drug-likeness (QED) is 0.709. The Hall–Kier alpha value is -2.45. The maximum absolute atomic E-state index is 12.9. The highest BCUT2D eigenvalue weighted by Crippen LogP contribution is 2.31. The van der Waals surface area contributed by atoms with Gasteiger partial charge in [-0.3, -0.25) is 0 Å². The maximum atomic E-state index is 12.9. The molecule has 0 aliphatic heterocycles. The van der Waals surface area contributed by atoms with Gasteiger partial charge in [0, 0.05) is 11.9 Å². The Morgan fingerprint density at radius 1 is 1.12 bits per heavy atom. The molecule has 0 saturated carbocycles. The van der Waals surface area contributed by atoms with Crippen LogP contribution in [0.5, 0.6) is 0 Å². The lowest BCUT2D eigenvalue weighted by Crippen LogP contribution is -2.12. The van der Waals surface area contributed by atoms with Crippen LogP contribution in [-0.4, -0.2) is 15.4 Å². The summed E-state index contributed by atoms with van der Waals surface area (Å²) in [6, 6.07) is 10.3. The smallest absolute Gasteiger partial charge is 0.361 e. The first kappa shape index (κ1) is 19.9. The fourth-order valence-corrected chi connectivity index (χ4v) is 2.54. The Bertz CT molecular complexity index is 901. The van der Waals surface area contributed by atoms with Crippen molar-refractivity contribution < 1.29 is 13.2 Å². The van der Waals surface area contributed by atoms with Gasteiger partial charge >= 0.3 is 6.18 Å². The number of fused-ring (bicyclic) bond motifs is 1. The average molecular weight is 384 g/mol. The van der Waals surface area contributed by atoms with Crippen LogP contribution < -0.4 is 11.1 Å². The molecule has 1 heterocycles. The van der Waals surface area contributed by atoms with Crippen molar-refractivity contribution in [3.8, 4) is 0 Å². The largest absolute Gasteiger partial charge is 0.416 e. The molecule has 0 radical (unpaired) electrons. The number of hydrogen-bond donors (Lipinski definition) is 2. The number of halogens is 4. The fraction of sp³-hybridized carbons (Fsp3) is 0.235. The number of nitrogens with two attached hydrogens (primary N) is 1. The molecule has 3 aromatic rings. The number of aromatic nitrogens is 3. The molecule has 0 amide bonds. The van der Waals surface area contributed by atoms with Gasteiger partial charge < -0.3 is 11.1 Å². The average Bonchev–Trinajstić information content (AvgIpc) is 2.61.